The van der Waals surface area contributed by atoms with E-state index in [4.69, 9.17) is 5.11 Å². The molecule has 1 N–H and O–H groups in total. The number of aliphatic hydroxyl groups is 1. The molecule has 0 saturated carbocycles. The molecule has 5 heteroatoms. The topological polar surface area (TPSA) is 39.6 Å². The van der Waals surface area contributed by atoms with Crippen LogP contribution < -0.4 is 0 Å². The molecule has 1 aliphatic rings. The molecule has 2 rings (SSSR count). The lowest BCUT2D eigenvalue weighted by molar-refractivity contribution is 0.108. The lowest BCUT2D eigenvalue weighted by atomic mass is 10.3. The van der Waals surface area contributed by atoms with Crippen molar-refractivity contribution < 1.29 is 5.11 Å². The van der Waals surface area contributed by atoms with Crippen LogP contribution in [0.4, 0.5) is 0 Å². The highest BCUT2D eigenvalue weighted by Crippen LogP contribution is 2.08. The maximum Gasteiger partial charge on any atom is 0.0795 e. The number of aliphatic hydroxyl groups excluding tert-OH is 1. The predicted molar refractivity (Wildman–Crippen MR) is 60.9 cm³/mol. The Morgan fingerprint density at radius 2 is 2.00 bits per heavy atom. The van der Waals surface area contributed by atoms with Crippen LogP contribution >= 0.6 is 11.3 Å². The fourth-order valence-corrected chi connectivity index (χ4v) is 2.41. The van der Waals surface area contributed by atoms with Crippen LogP contribution in [0.25, 0.3) is 0 Å². The Hall–Kier alpha value is -0.490. The summed E-state index contributed by atoms with van der Waals surface area (Å²) in [7, 11) is 0. The normalized spacial score (nSPS) is 19.5. The number of β-amino-alcohol motifs (C(OH)–C–C–N with tert-alkyl or cyclic N) is 1. The van der Waals surface area contributed by atoms with Gasteiger partial charge in [0.2, 0.25) is 0 Å². The fourth-order valence-electron chi connectivity index (χ4n) is 1.86. The van der Waals surface area contributed by atoms with Crippen LogP contribution in [0.5, 0.6) is 0 Å². The fraction of sp³-hybridized carbons (Fsp3) is 0.700. The summed E-state index contributed by atoms with van der Waals surface area (Å²) in [5, 5.41) is 10.9. The number of nitrogens with zero attached hydrogens (tertiary/aromatic N) is 3. The lowest BCUT2D eigenvalue weighted by Crippen LogP contribution is -2.46. The summed E-state index contributed by atoms with van der Waals surface area (Å²) in [5.74, 6) is 0. The monoisotopic (exact) mass is 227 g/mol. The Labute approximate surface area is 94.2 Å². The Kier molecular flexibility index (Phi) is 4.08. The molecular weight excluding hydrogens is 210 g/mol. The first-order valence-electron chi connectivity index (χ1n) is 5.31. The van der Waals surface area contributed by atoms with E-state index in [1.54, 1.807) is 11.3 Å². The number of rotatable bonds is 4. The van der Waals surface area contributed by atoms with Crippen molar-refractivity contribution in [3.63, 3.8) is 0 Å². The third-order valence-corrected chi connectivity index (χ3v) is 3.39. The van der Waals surface area contributed by atoms with Crippen LogP contribution in [0.2, 0.25) is 0 Å². The van der Waals surface area contributed by atoms with Crippen molar-refractivity contribution in [1.82, 2.24) is 14.8 Å². The van der Waals surface area contributed by atoms with Gasteiger partial charge in [0.1, 0.15) is 0 Å². The Bertz CT molecular complexity index is 270. The van der Waals surface area contributed by atoms with Gasteiger partial charge in [-0.15, -0.1) is 11.3 Å². The third kappa shape index (κ3) is 3.24. The summed E-state index contributed by atoms with van der Waals surface area (Å²) < 4.78 is 0. The second-order valence-electron chi connectivity index (χ2n) is 3.82. The van der Waals surface area contributed by atoms with Crippen molar-refractivity contribution in [2.45, 2.75) is 6.54 Å². The van der Waals surface area contributed by atoms with E-state index in [0.29, 0.717) is 0 Å². The van der Waals surface area contributed by atoms with E-state index < -0.39 is 0 Å². The molecule has 0 aliphatic carbocycles. The zero-order valence-corrected chi connectivity index (χ0v) is 9.62. The first-order chi connectivity index (χ1) is 7.38. The van der Waals surface area contributed by atoms with Crippen molar-refractivity contribution in [2.75, 3.05) is 39.3 Å². The van der Waals surface area contributed by atoms with Gasteiger partial charge in [0.15, 0.2) is 0 Å². The van der Waals surface area contributed by atoms with Crippen molar-refractivity contribution >= 4 is 11.3 Å². The number of thiazole rings is 1. The smallest absolute Gasteiger partial charge is 0.0795 e. The highest BCUT2D eigenvalue weighted by Gasteiger charge is 2.16. The first-order valence-corrected chi connectivity index (χ1v) is 6.25. The molecule has 2 heterocycles. The summed E-state index contributed by atoms with van der Waals surface area (Å²) in [6, 6.07) is 0. The van der Waals surface area contributed by atoms with E-state index >= 15 is 0 Å². The molecule has 1 saturated heterocycles. The van der Waals surface area contributed by atoms with Crippen molar-refractivity contribution in [2.24, 2.45) is 0 Å². The van der Waals surface area contributed by atoms with Gasteiger partial charge >= 0.3 is 0 Å². The Balaban J connectivity index is 1.74. The SMILES string of the molecule is OCCN1CCN(Cc2cscn2)CC1. The van der Waals surface area contributed by atoms with Gasteiger partial charge in [-0.1, -0.05) is 0 Å². The molecule has 4 nitrogen and oxygen atoms in total. The van der Waals surface area contributed by atoms with E-state index in [0.717, 1.165) is 39.3 Å². The minimum atomic E-state index is 0.270. The van der Waals surface area contributed by atoms with Crippen molar-refractivity contribution in [3.05, 3.63) is 16.6 Å². The highest BCUT2D eigenvalue weighted by molar-refractivity contribution is 7.07. The van der Waals surface area contributed by atoms with Gasteiger partial charge < -0.3 is 5.11 Å². The number of hydrogen-bond donors (Lipinski definition) is 1. The molecule has 0 atom stereocenters. The van der Waals surface area contributed by atoms with Crippen LogP contribution in [0.1, 0.15) is 5.69 Å². The van der Waals surface area contributed by atoms with E-state index in [1.807, 2.05) is 5.51 Å². The molecule has 1 aromatic heterocycles. The summed E-state index contributed by atoms with van der Waals surface area (Å²) in [4.78, 5) is 9.01. The van der Waals surface area contributed by atoms with Gasteiger partial charge in [-0.3, -0.25) is 9.80 Å². The average molecular weight is 227 g/mol. The van der Waals surface area contributed by atoms with Crippen LogP contribution in [-0.2, 0) is 6.54 Å². The van der Waals surface area contributed by atoms with Gasteiger partial charge in [0, 0.05) is 44.6 Å². The number of piperazine rings is 1. The molecule has 0 spiro atoms. The maximum absolute atomic E-state index is 8.83. The largest absolute Gasteiger partial charge is 0.395 e. The van der Waals surface area contributed by atoms with Crippen molar-refractivity contribution in [3.8, 4) is 0 Å². The highest BCUT2D eigenvalue weighted by atomic mass is 32.1. The Morgan fingerprint density at radius 3 is 2.60 bits per heavy atom. The Morgan fingerprint density at radius 1 is 1.27 bits per heavy atom. The summed E-state index contributed by atoms with van der Waals surface area (Å²) in [6.45, 7) is 6.33. The average Bonchev–Trinajstić information content (AvgIpc) is 2.74. The molecule has 0 amide bonds. The molecule has 1 fully saturated rings. The van der Waals surface area contributed by atoms with Crippen LogP contribution in [0.3, 0.4) is 0 Å². The predicted octanol–water partition coefficient (Wildman–Crippen LogP) is 0.253. The summed E-state index contributed by atoms with van der Waals surface area (Å²) in [5.41, 5.74) is 3.06. The molecule has 1 aromatic rings. The number of aromatic nitrogens is 1. The van der Waals surface area contributed by atoms with Gasteiger partial charge in [0.25, 0.3) is 0 Å². The molecular formula is C10H17N3OS. The van der Waals surface area contributed by atoms with E-state index in [2.05, 4.69) is 20.2 Å². The molecule has 0 aromatic carbocycles. The quantitative estimate of drug-likeness (QED) is 0.800. The van der Waals surface area contributed by atoms with Gasteiger partial charge in [-0.25, -0.2) is 4.98 Å². The van der Waals surface area contributed by atoms with E-state index in [-0.39, 0.29) is 6.61 Å². The van der Waals surface area contributed by atoms with Gasteiger partial charge in [-0.2, -0.15) is 0 Å². The lowest BCUT2D eigenvalue weighted by Gasteiger charge is -2.33. The van der Waals surface area contributed by atoms with Crippen LogP contribution in [-0.4, -0.2) is 59.2 Å². The molecule has 0 unspecified atom stereocenters. The minimum absolute atomic E-state index is 0.270. The number of hydrogen-bond acceptors (Lipinski definition) is 5. The minimum Gasteiger partial charge on any atom is -0.395 e. The second-order valence-corrected chi connectivity index (χ2v) is 4.54. The molecule has 0 radical (unpaired) electrons. The molecule has 15 heavy (non-hydrogen) atoms. The third-order valence-electron chi connectivity index (χ3n) is 2.75. The molecule has 0 bridgehead atoms. The summed E-state index contributed by atoms with van der Waals surface area (Å²) in [6.07, 6.45) is 0. The second kappa shape index (κ2) is 5.55. The van der Waals surface area contributed by atoms with Crippen LogP contribution in [0, 0.1) is 0 Å². The maximum atomic E-state index is 8.83. The molecule has 1 aliphatic heterocycles. The standard InChI is InChI=1S/C10H17N3OS/c14-6-5-12-1-3-13(4-2-12)7-10-8-15-9-11-10/h8-9,14H,1-7H2. The zero-order chi connectivity index (χ0) is 10.5. The first kappa shape index (κ1) is 11.0. The zero-order valence-electron chi connectivity index (χ0n) is 8.80. The van der Waals surface area contributed by atoms with E-state index in [1.165, 1.54) is 5.69 Å². The van der Waals surface area contributed by atoms with Gasteiger partial charge in [-0.05, 0) is 0 Å². The van der Waals surface area contributed by atoms with Gasteiger partial charge in [0.05, 0.1) is 17.8 Å². The van der Waals surface area contributed by atoms with Crippen molar-refractivity contribution in [1.29, 1.82) is 0 Å². The molecule has 84 valence electrons. The van der Waals surface area contributed by atoms with E-state index in [9.17, 15) is 0 Å². The summed E-state index contributed by atoms with van der Waals surface area (Å²) >= 11 is 1.66. The van der Waals surface area contributed by atoms with Crippen LogP contribution in [0.15, 0.2) is 10.9 Å².